The minimum Gasteiger partial charge on any atom is -0.454 e. The molecule has 0 aromatic carbocycles. The normalized spacial score (nSPS) is 20.4. The van der Waals surface area contributed by atoms with Crippen molar-refractivity contribution in [1.82, 2.24) is 5.32 Å². The van der Waals surface area contributed by atoms with Crippen LogP contribution in [0.4, 0.5) is 0 Å². The molecule has 6 N–H and O–H groups in total. The lowest BCUT2D eigenvalue weighted by molar-refractivity contribution is -0.305. The van der Waals surface area contributed by atoms with Gasteiger partial charge in [0.05, 0.1) is 25.4 Å². The number of ether oxygens (including phenoxy) is 3. The number of carbonyl (C=O) groups excluding carboxylic acids is 2. The van der Waals surface area contributed by atoms with Gasteiger partial charge in [0.1, 0.15) is 24.4 Å². The molecule has 0 aliphatic carbocycles. The Morgan fingerprint density at radius 1 is 0.577 bits per heavy atom. The van der Waals surface area contributed by atoms with E-state index in [2.05, 4.69) is 92.9 Å². The van der Waals surface area contributed by atoms with Crippen LogP contribution in [0, 0.1) is 0 Å². The van der Waals surface area contributed by atoms with E-state index in [-0.39, 0.29) is 19.4 Å². The fraction of sp³-hybridized carbons (Fsp3) is 0.700. The first kappa shape index (κ1) is 65.6. The number of allylic oxidation sites excluding steroid dienone is 15. The number of carbonyl (C=O) groups is 2. The van der Waals surface area contributed by atoms with E-state index in [9.17, 15) is 35.1 Å². The van der Waals surface area contributed by atoms with Crippen LogP contribution in [-0.4, -0.2) is 99.6 Å². The van der Waals surface area contributed by atoms with Gasteiger partial charge in [0.2, 0.25) is 5.91 Å². The van der Waals surface area contributed by atoms with Gasteiger partial charge in [-0.25, -0.2) is 0 Å². The van der Waals surface area contributed by atoms with E-state index >= 15 is 0 Å². The Morgan fingerprint density at radius 3 is 1.66 bits per heavy atom. The van der Waals surface area contributed by atoms with Crippen molar-refractivity contribution in [2.75, 3.05) is 13.2 Å². The molecule has 1 aliphatic heterocycles. The van der Waals surface area contributed by atoms with Gasteiger partial charge in [-0.15, -0.1) is 0 Å². The van der Waals surface area contributed by atoms with Crippen LogP contribution >= 0.6 is 0 Å². The Balaban J connectivity index is 2.78. The van der Waals surface area contributed by atoms with Gasteiger partial charge in [-0.2, -0.15) is 0 Å². The summed E-state index contributed by atoms with van der Waals surface area (Å²) in [5.41, 5.74) is 0. The third-order valence-electron chi connectivity index (χ3n) is 12.5. The molecular weight excluding hydrogens is 895 g/mol. The number of aliphatic hydroxyl groups is 5. The van der Waals surface area contributed by atoms with Crippen molar-refractivity contribution >= 4 is 11.9 Å². The van der Waals surface area contributed by atoms with Crippen LogP contribution < -0.4 is 5.32 Å². The fourth-order valence-electron chi connectivity index (χ4n) is 8.04. The second-order valence-corrected chi connectivity index (χ2v) is 19.0. The Hall–Kier alpha value is -3.42. The SMILES string of the molecule is CC/C=C/C=C/C=C\CCCCCCCC(=O)OC1C(OCC(NC(=O)C(O)CCCC/C=C\C/C=C\C/C=C\C/C=C\CCCCC)C(O)/C=C/CCCCCCCCCCC)OC(CO)C(O)C1O. The molecule has 71 heavy (non-hydrogen) atoms. The first-order valence-corrected chi connectivity index (χ1v) is 28.0. The highest BCUT2D eigenvalue weighted by atomic mass is 16.7. The first-order valence-electron chi connectivity index (χ1n) is 28.0. The number of aliphatic hydroxyl groups excluding tert-OH is 5. The first-order chi connectivity index (χ1) is 34.7. The summed E-state index contributed by atoms with van der Waals surface area (Å²) in [4.78, 5) is 26.4. The predicted molar refractivity (Wildman–Crippen MR) is 292 cm³/mol. The highest BCUT2D eigenvalue weighted by molar-refractivity contribution is 5.80. The predicted octanol–water partition coefficient (Wildman–Crippen LogP) is 12.4. The molecule has 0 spiro atoms. The largest absolute Gasteiger partial charge is 0.454 e. The van der Waals surface area contributed by atoms with E-state index < -0.39 is 67.4 Å². The molecule has 8 atom stereocenters. The number of rotatable bonds is 45. The molecule has 0 radical (unpaired) electrons. The Labute approximate surface area is 431 Å². The Kier molecular flexibility index (Phi) is 44.0. The minimum absolute atomic E-state index is 0.0913. The molecule has 406 valence electrons. The van der Waals surface area contributed by atoms with Crippen LogP contribution in [0.15, 0.2) is 97.2 Å². The fourth-order valence-corrected chi connectivity index (χ4v) is 8.04. The van der Waals surface area contributed by atoms with Crippen molar-refractivity contribution in [3.63, 3.8) is 0 Å². The average molecular weight is 996 g/mol. The van der Waals surface area contributed by atoms with E-state index in [4.69, 9.17) is 14.2 Å². The maximum Gasteiger partial charge on any atom is 0.306 e. The van der Waals surface area contributed by atoms with Gasteiger partial charge >= 0.3 is 5.97 Å². The van der Waals surface area contributed by atoms with Crippen LogP contribution in [0.5, 0.6) is 0 Å². The highest BCUT2D eigenvalue weighted by Gasteiger charge is 2.47. The lowest BCUT2D eigenvalue weighted by Gasteiger charge is -2.41. The lowest BCUT2D eigenvalue weighted by atomic mass is 9.99. The van der Waals surface area contributed by atoms with Crippen molar-refractivity contribution in [2.45, 2.75) is 256 Å². The maximum absolute atomic E-state index is 13.4. The number of hydrogen-bond acceptors (Lipinski definition) is 10. The summed E-state index contributed by atoms with van der Waals surface area (Å²) < 4.78 is 17.5. The molecule has 1 fully saturated rings. The van der Waals surface area contributed by atoms with Crippen LogP contribution in [0.1, 0.15) is 207 Å². The standard InChI is InChI=1S/C60H101NO10/c1-4-7-10-13-16-19-22-24-25-26-27-28-30-32-35-38-41-44-47-53(64)59(68)61-51(52(63)46-43-40-37-34-31-21-18-15-12-9-6-3)50-69-60-58(57(67)56(66)54(49-62)70-60)71-55(65)48-45-42-39-36-33-29-23-20-17-14-11-8-5-2/h8,11,14,16-17,19-20,23-25,27-28,32,35,43,46,51-54,56-58,60,62-64,66-67H,4-7,9-10,12-13,15,18,21-22,26,29-31,33-34,36-42,44-45,47-50H2,1-3H3,(H,61,68)/b11-8+,17-14+,19-16-,23-20-,25-24-,28-27-,35-32-,46-43+. The smallest absolute Gasteiger partial charge is 0.306 e. The van der Waals surface area contributed by atoms with Crippen molar-refractivity contribution in [3.05, 3.63) is 97.2 Å². The van der Waals surface area contributed by atoms with Gasteiger partial charge in [0.15, 0.2) is 12.4 Å². The van der Waals surface area contributed by atoms with Gasteiger partial charge in [-0.3, -0.25) is 9.59 Å². The summed E-state index contributed by atoms with van der Waals surface area (Å²) in [6.07, 6.45) is 51.7. The number of nitrogens with one attached hydrogen (secondary N) is 1. The van der Waals surface area contributed by atoms with Crippen molar-refractivity contribution < 1.29 is 49.3 Å². The van der Waals surface area contributed by atoms with E-state index in [1.54, 1.807) is 6.08 Å². The number of esters is 1. The van der Waals surface area contributed by atoms with Crippen LogP contribution in [0.2, 0.25) is 0 Å². The molecule has 1 amide bonds. The molecule has 0 bridgehead atoms. The molecule has 1 rings (SSSR count). The molecule has 0 aromatic rings. The van der Waals surface area contributed by atoms with Crippen molar-refractivity contribution in [1.29, 1.82) is 0 Å². The molecule has 1 aliphatic rings. The van der Waals surface area contributed by atoms with Crippen molar-refractivity contribution in [2.24, 2.45) is 0 Å². The third-order valence-corrected chi connectivity index (χ3v) is 12.5. The molecular formula is C60H101NO10. The summed E-state index contributed by atoms with van der Waals surface area (Å²) in [6, 6.07) is -1.05. The van der Waals surface area contributed by atoms with Crippen molar-refractivity contribution in [3.8, 4) is 0 Å². The van der Waals surface area contributed by atoms with E-state index in [0.29, 0.717) is 12.8 Å². The van der Waals surface area contributed by atoms with Gasteiger partial charge < -0.3 is 45.1 Å². The van der Waals surface area contributed by atoms with Crippen LogP contribution in [0.25, 0.3) is 0 Å². The molecule has 1 heterocycles. The summed E-state index contributed by atoms with van der Waals surface area (Å²) in [5.74, 6) is -1.26. The molecule has 11 nitrogen and oxygen atoms in total. The zero-order valence-corrected chi connectivity index (χ0v) is 44.6. The van der Waals surface area contributed by atoms with E-state index in [1.807, 2.05) is 24.3 Å². The van der Waals surface area contributed by atoms with E-state index in [1.165, 1.54) is 57.8 Å². The summed E-state index contributed by atoms with van der Waals surface area (Å²) in [6.45, 7) is 5.55. The minimum atomic E-state index is -1.63. The van der Waals surface area contributed by atoms with Gasteiger partial charge in [0, 0.05) is 6.42 Å². The second kappa shape index (κ2) is 47.6. The topological polar surface area (TPSA) is 175 Å². The Morgan fingerprint density at radius 2 is 1.07 bits per heavy atom. The molecule has 8 unspecified atom stereocenters. The monoisotopic (exact) mass is 996 g/mol. The number of hydrogen-bond donors (Lipinski definition) is 6. The average Bonchev–Trinajstić information content (AvgIpc) is 3.37. The zero-order valence-electron chi connectivity index (χ0n) is 44.6. The summed E-state index contributed by atoms with van der Waals surface area (Å²) >= 11 is 0. The number of unbranched alkanes of at least 4 members (excludes halogenated alkanes) is 19. The van der Waals surface area contributed by atoms with Crippen LogP contribution in [-0.2, 0) is 23.8 Å². The third kappa shape index (κ3) is 36.2. The van der Waals surface area contributed by atoms with E-state index in [0.717, 1.165) is 103 Å². The lowest BCUT2D eigenvalue weighted by Crippen LogP contribution is -2.61. The van der Waals surface area contributed by atoms with Gasteiger partial charge in [0.25, 0.3) is 0 Å². The Bertz CT molecular complexity index is 1520. The number of amides is 1. The second-order valence-electron chi connectivity index (χ2n) is 19.0. The summed E-state index contributed by atoms with van der Waals surface area (Å²) in [7, 11) is 0. The molecule has 0 aromatic heterocycles. The highest BCUT2D eigenvalue weighted by Crippen LogP contribution is 2.26. The summed E-state index contributed by atoms with van der Waals surface area (Å²) in [5, 5.41) is 56.7. The molecule has 11 heteroatoms. The molecule has 1 saturated heterocycles. The molecule has 0 saturated carbocycles. The maximum atomic E-state index is 13.4. The van der Waals surface area contributed by atoms with Gasteiger partial charge in [-0.1, -0.05) is 208 Å². The quantitative estimate of drug-likeness (QED) is 0.0149. The van der Waals surface area contributed by atoms with Gasteiger partial charge in [-0.05, 0) is 89.9 Å². The zero-order chi connectivity index (χ0) is 51.8. The van der Waals surface area contributed by atoms with Crippen LogP contribution in [0.3, 0.4) is 0 Å².